The van der Waals surface area contributed by atoms with Crippen LogP contribution in [-0.2, 0) is 0 Å². The first-order valence-corrected chi connectivity index (χ1v) is 15.3. The van der Waals surface area contributed by atoms with Gasteiger partial charge in [0.25, 0.3) is 0 Å². The molecule has 0 saturated carbocycles. The Morgan fingerprint density at radius 3 is 2.00 bits per heavy atom. The third-order valence-electron chi connectivity index (χ3n) is 7.81. The van der Waals surface area contributed by atoms with E-state index in [9.17, 15) is 0 Å². The SMILES string of the molecule is c1ccc(-c2nc(-c3ccc4c(ccc5c6cnccc6sc45)c3)nc(-c3ccc4sc5ccccc5c4c3)n2)cc1. The number of pyridine rings is 1. The number of hydrogen-bond acceptors (Lipinski definition) is 6. The third kappa shape index (κ3) is 3.73. The molecule has 0 aliphatic heterocycles. The summed E-state index contributed by atoms with van der Waals surface area (Å²) in [4.78, 5) is 19.4. The van der Waals surface area contributed by atoms with Crippen molar-refractivity contribution in [2.24, 2.45) is 0 Å². The van der Waals surface area contributed by atoms with Gasteiger partial charge in [0, 0.05) is 69.4 Å². The van der Waals surface area contributed by atoms with Crippen LogP contribution in [0.4, 0.5) is 0 Å². The molecule has 0 atom stereocenters. The number of rotatable bonds is 3. The summed E-state index contributed by atoms with van der Waals surface area (Å²) >= 11 is 3.63. The molecule has 9 rings (SSSR count). The van der Waals surface area contributed by atoms with Crippen LogP contribution in [-0.4, -0.2) is 19.9 Å². The van der Waals surface area contributed by atoms with Gasteiger partial charge in [-0.25, -0.2) is 15.0 Å². The van der Waals surface area contributed by atoms with E-state index in [1.807, 2.05) is 65.4 Å². The van der Waals surface area contributed by atoms with Gasteiger partial charge in [-0.2, -0.15) is 0 Å². The lowest BCUT2D eigenvalue weighted by Crippen LogP contribution is -2.00. The van der Waals surface area contributed by atoms with Gasteiger partial charge in [0.1, 0.15) is 0 Å². The van der Waals surface area contributed by atoms with E-state index in [1.165, 1.54) is 45.7 Å². The van der Waals surface area contributed by atoms with Crippen molar-refractivity contribution in [2.75, 3.05) is 0 Å². The summed E-state index contributed by atoms with van der Waals surface area (Å²) in [5.41, 5.74) is 2.91. The molecule has 0 spiro atoms. The fourth-order valence-electron chi connectivity index (χ4n) is 5.76. The largest absolute Gasteiger partial charge is 0.264 e. The highest BCUT2D eigenvalue weighted by Gasteiger charge is 2.15. The standard InChI is InChI=1S/C36H20N4S2/c1-2-6-21(7-3-1)34-38-35(40-36(39-34)24-12-15-31-28(19-24)26-8-4-5-9-30(26)41-31)23-11-13-25-22(18-23)10-14-27-29-20-37-17-16-32(29)42-33(25)27/h1-20H. The Balaban J connectivity index is 1.24. The predicted octanol–water partition coefficient (Wildman–Crippen LogP) is 10.2. The van der Waals surface area contributed by atoms with E-state index in [2.05, 4.69) is 83.8 Å². The molecule has 0 radical (unpaired) electrons. The van der Waals surface area contributed by atoms with E-state index >= 15 is 0 Å². The minimum absolute atomic E-state index is 0.664. The van der Waals surface area contributed by atoms with E-state index in [4.69, 9.17) is 15.0 Å². The van der Waals surface area contributed by atoms with Gasteiger partial charge in [-0.15, -0.1) is 22.7 Å². The number of aromatic nitrogens is 4. The van der Waals surface area contributed by atoms with Crippen LogP contribution in [0.3, 0.4) is 0 Å². The molecule has 0 aliphatic rings. The molecule has 4 heterocycles. The summed E-state index contributed by atoms with van der Waals surface area (Å²) in [6, 6.07) is 38.2. The molecule has 0 amide bonds. The van der Waals surface area contributed by atoms with Gasteiger partial charge in [-0.05, 0) is 47.2 Å². The van der Waals surface area contributed by atoms with Gasteiger partial charge in [-0.3, -0.25) is 4.98 Å². The Kier molecular flexibility index (Phi) is 5.20. The van der Waals surface area contributed by atoms with Crippen molar-refractivity contribution < 1.29 is 0 Å². The molecule has 0 aliphatic carbocycles. The van der Waals surface area contributed by atoms with Gasteiger partial charge in [0.05, 0.1) is 0 Å². The topological polar surface area (TPSA) is 51.6 Å². The summed E-state index contributed by atoms with van der Waals surface area (Å²) in [7, 11) is 0. The summed E-state index contributed by atoms with van der Waals surface area (Å²) in [5, 5.41) is 7.32. The summed E-state index contributed by atoms with van der Waals surface area (Å²) in [6.07, 6.45) is 3.82. The second-order valence-corrected chi connectivity index (χ2v) is 12.5. The Bertz CT molecular complexity index is 2480. The molecule has 0 N–H and O–H groups in total. The number of thiophene rings is 2. The van der Waals surface area contributed by atoms with Crippen molar-refractivity contribution >= 4 is 73.8 Å². The first-order valence-electron chi connectivity index (χ1n) is 13.7. The minimum Gasteiger partial charge on any atom is -0.264 e. The quantitative estimate of drug-likeness (QED) is 0.211. The maximum Gasteiger partial charge on any atom is 0.164 e. The Hall–Kier alpha value is -5.04. The van der Waals surface area contributed by atoms with E-state index in [0.717, 1.165) is 22.1 Å². The number of fused-ring (bicyclic) bond motifs is 8. The maximum atomic E-state index is 5.05. The second kappa shape index (κ2) is 9.24. The van der Waals surface area contributed by atoms with Crippen LogP contribution in [0.2, 0.25) is 0 Å². The van der Waals surface area contributed by atoms with Crippen molar-refractivity contribution in [1.82, 2.24) is 19.9 Å². The van der Waals surface area contributed by atoms with Crippen LogP contribution in [0, 0.1) is 0 Å². The molecule has 0 unspecified atom stereocenters. The van der Waals surface area contributed by atoms with Gasteiger partial charge >= 0.3 is 0 Å². The number of benzene rings is 5. The van der Waals surface area contributed by atoms with Gasteiger partial charge in [-0.1, -0.05) is 72.8 Å². The Morgan fingerprint density at radius 1 is 0.429 bits per heavy atom. The van der Waals surface area contributed by atoms with Gasteiger partial charge in [0.2, 0.25) is 0 Å². The molecule has 4 nitrogen and oxygen atoms in total. The zero-order valence-electron chi connectivity index (χ0n) is 22.2. The monoisotopic (exact) mass is 572 g/mol. The molecule has 9 aromatic rings. The molecule has 4 aromatic heterocycles. The van der Waals surface area contributed by atoms with Gasteiger partial charge in [0.15, 0.2) is 17.5 Å². The molecular weight excluding hydrogens is 553 g/mol. The normalized spacial score (nSPS) is 11.8. The van der Waals surface area contributed by atoms with Crippen molar-refractivity contribution in [3.63, 3.8) is 0 Å². The predicted molar refractivity (Wildman–Crippen MR) is 177 cm³/mol. The molecular formula is C36H20N4S2. The summed E-state index contributed by atoms with van der Waals surface area (Å²) in [5.74, 6) is 2.00. The fraction of sp³-hybridized carbons (Fsp3) is 0. The zero-order valence-corrected chi connectivity index (χ0v) is 23.8. The average molecular weight is 573 g/mol. The average Bonchev–Trinajstić information content (AvgIpc) is 3.63. The van der Waals surface area contributed by atoms with Crippen LogP contribution < -0.4 is 0 Å². The van der Waals surface area contributed by atoms with Crippen LogP contribution >= 0.6 is 22.7 Å². The van der Waals surface area contributed by atoms with Crippen LogP contribution in [0.25, 0.3) is 85.3 Å². The maximum absolute atomic E-state index is 5.05. The van der Waals surface area contributed by atoms with Crippen molar-refractivity contribution in [3.05, 3.63) is 122 Å². The molecule has 0 bridgehead atoms. The van der Waals surface area contributed by atoms with Gasteiger partial charge < -0.3 is 0 Å². The van der Waals surface area contributed by atoms with Crippen molar-refractivity contribution in [2.45, 2.75) is 0 Å². The van der Waals surface area contributed by atoms with E-state index in [1.54, 1.807) is 0 Å². The minimum atomic E-state index is 0.664. The summed E-state index contributed by atoms with van der Waals surface area (Å²) < 4.78 is 5.07. The first kappa shape index (κ1) is 23.6. The number of hydrogen-bond donors (Lipinski definition) is 0. The van der Waals surface area contributed by atoms with Crippen LogP contribution in [0.5, 0.6) is 0 Å². The zero-order chi connectivity index (χ0) is 27.6. The lowest BCUT2D eigenvalue weighted by Gasteiger charge is -2.09. The molecule has 42 heavy (non-hydrogen) atoms. The highest BCUT2D eigenvalue weighted by molar-refractivity contribution is 7.26. The Labute approximate surface area is 248 Å². The van der Waals surface area contributed by atoms with E-state index in [0.29, 0.717) is 17.5 Å². The molecule has 0 saturated heterocycles. The second-order valence-electron chi connectivity index (χ2n) is 10.3. The van der Waals surface area contributed by atoms with Crippen LogP contribution in [0.1, 0.15) is 0 Å². The lowest BCUT2D eigenvalue weighted by atomic mass is 10.0. The fourth-order valence-corrected chi connectivity index (χ4v) is 8.05. The Morgan fingerprint density at radius 2 is 1.12 bits per heavy atom. The molecule has 0 fully saturated rings. The lowest BCUT2D eigenvalue weighted by molar-refractivity contribution is 1.08. The number of nitrogens with zero attached hydrogens (tertiary/aromatic N) is 4. The molecule has 5 aromatic carbocycles. The smallest absolute Gasteiger partial charge is 0.164 e. The van der Waals surface area contributed by atoms with E-state index < -0.39 is 0 Å². The third-order valence-corrected chi connectivity index (χ3v) is 10.2. The van der Waals surface area contributed by atoms with E-state index in [-0.39, 0.29) is 0 Å². The van der Waals surface area contributed by atoms with Crippen molar-refractivity contribution in [3.8, 4) is 34.2 Å². The molecule has 6 heteroatoms. The highest BCUT2D eigenvalue weighted by Crippen LogP contribution is 2.39. The van der Waals surface area contributed by atoms with Crippen LogP contribution in [0.15, 0.2) is 122 Å². The first-order chi connectivity index (χ1) is 20.8. The van der Waals surface area contributed by atoms with Crippen molar-refractivity contribution in [1.29, 1.82) is 0 Å². The molecule has 196 valence electrons. The highest BCUT2D eigenvalue weighted by atomic mass is 32.1. The summed E-state index contributed by atoms with van der Waals surface area (Å²) in [6.45, 7) is 0.